The molecule has 2 aromatic heterocycles. The number of nitrogens with zero attached hydrogens (tertiary/aromatic N) is 4. The molecule has 1 N–H and O–H groups in total. The molecule has 0 bridgehead atoms. The molecule has 25 heavy (non-hydrogen) atoms. The lowest BCUT2D eigenvalue weighted by Crippen LogP contribution is -2.34. The van der Waals surface area contributed by atoms with E-state index in [9.17, 15) is 4.79 Å². The highest BCUT2D eigenvalue weighted by atomic mass is 16.1. The molecule has 0 aromatic carbocycles. The van der Waals surface area contributed by atoms with Crippen LogP contribution >= 0.6 is 0 Å². The predicted octanol–water partition coefficient (Wildman–Crippen LogP) is 2.73. The fourth-order valence-corrected chi connectivity index (χ4v) is 4.11. The molecule has 0 atom stereocenters. The highest BCUT2D eigenvalue weighted by Crippen LogP contribution is 2.29. The maximum Gasteiger partial charge on any atom is 0.267 e. The molecule has 1 fully saturated rings. The fourth-order valence-electron chi connectivity index (χ4n) is 4.11. The molecule has 2 aromatic rings. The lowest BCUT2D eigenvalue weighted by Gasteiger charge is -2.29. The van der Waals surface area contributed by atoms with Crippen LogP contribution in [0.3, 0.4) is 0 Å². The summed E-state index contributed by atoms with van der Waals surface area (Å²) in [6.45, 7) is 3.98. The molecule has 6 nitrogen and oxygen atoms in total. The van der Waals surface area contributed by atoms with Gasteiger partial charge < -0.3 is 5.32 Å². The minimum atomic E-state index is 0.0645. The van der Waals surface area contributed by atoms with Crippen LogP contribution in [0.5, 0.6) is 0 Å². The van der Waals surface area contributed by atoms with E-state index in [-0.39, 0.29) is 11.6 Å². The Balaban J connectivity index is 1.42. The van der Waals surface area contributed by atoms with Gasteiger partial charge in [-0.15, -0.1) is 0 Å². The summed E-state index contributed by atoms with van der Waals surface area (Å²) in [7, 11) is 0. The van der Waals surface area contributed by atoms with E-state index in [1.165, 1.54) is 0 Å². The number of aromatic nitrogens is 4. The second kappa shape index (κ2) is 6.58. The Bertz CT molecular complexity index is 816. The van der Waals surface area contributed by atoms with Crippen molar-refractivity contribution in [2.45, 2.75) is 70.9 Å². The number of nitrogens with one attached hydrogen (secondary N) is 1. The predicted molar refractivity (Wildman–Crippen MR) is 96.9 cm³/mol. The molecule has 0 spiro atoms. The van der Waals surface area contributed by atoms with E-state index in [0.717, 1.165) is 67.6 Å². The minimum Gasteiger partial charge on any atom is -0.351 e. The van der Waals surface area contributed by atoms with Crippen molar-refractivity contribution in [1.29, 1.82) is 0 Å². The van der Waals surface area contributed by atoms with Crippen LogP contribution in [0.2, 0.25) is 0 Å². The summed E-state index contributed by atoms with van der Waals surface area (Å²) in [5, 5.41) is 8.13. The zero-order valence-corrected chi connectivity index (χ0v) is 15.0. The van der Waals surface area contributed by atoms with Gasteiger partial charge in [-0.25, -0.2) is 14.6 Å². The second-order valence-corrected chi connectivity index (χ2v) is 7.38. The highest BCUT2D eigenvalue weighted by molar-refractivity contribution is 5.29. The van der Waals surface area contributed by atoms with Crippen LogP contribution in [0.15, 0.2) is 16.9 Å². The van der Waals surface area contributed by atoms with Crippen molar-refractivity contribution in [3.63, 3.8) is 0 Å². The van der Waals surface area contributed by atoms with Crippen LogP contribution in [-0.2, 0) is 12.8 Å². The van der Waals surface area contributed by atoms with Crippen LogP contribution < -0.4 is 10.9 Å². The standard InChI is InChI=1S/C19H25N5O/c1-12-10-13(2)21-19(20-12)22-15-6-8-16(9-7-15)24-18(25)11-14-4-3-5-17(14)23-24/h10-11,15-16H,3-9H2,1-2H3,(H,20,21,22). The summed E-state index contributed by atoms with van der Waals surface area (Å²) >= 11 is 0. The van der Waals surface area contributed by atoms with Gasteiger partial charge in [0.05, 0.1) is 11.7 Å². The fraction of sp³-hybridized carbons (Fsp3) is 0.579. The summed E-state index contributed by atoms with van der Waals surface area (Å²) in [4.78, 5) is 21.3. The van der Waals surface area contributed by atoms with Crippen LogP contribution in [-0.4, -0.2) is 25.8 Å². The van der Waals surface area contributed by atoms with Gasteiger partial charge in [0.2, 0.25) is 5.95 Å². The molecular formula is C19H25N5O. The van der Waals surface area contributed by atoms with Crippen molar-refractivity contribution in [1.82, 2.24) is 19.7 Å². The molecule has 6 heteroatoms. The summed E-state index contributed by atoms with van der Waals surface area (Å²) in [6, 6.07) is 4.37. The molecule has 4 rings (SSSR count). The van der Waals surface area contributed by atoms with E-state index in [4.69, 9.17) is 0 Å². The van der Waals surface area contributed by atoms with Crippen LogP contribution in [0.1, 0.15) is 60.8 Å². The molecule has 0 radical (unpaired) electrons. The highest BCUT2D eigenvalue weighted by Gasteiger charge is 2.25. The zero-order valence-electron chi connectivity index (χ0n) is 15.0. The SMILES string of the molecule is Cc1cc(C)nc(NC2CCC(n3nc4c(cc3=O)CCC4)CC2)n1. The molecule has 1 saturated carbocycles. The Labute approximate surface area is 147 Å². The van der Waals surface area contributed by atoms with E-state index < -0.39 is 0 Å². The first-order valence-corrected chi connectivity index (χ1v) is 9.29. The van der Waals surface area contributed by atoms with E-state index in [1.54, 1.807) is 4.68 Å². The summed E-state index contributed by atoms with van der Waals surface area (Å²) in [5.41, 5.74) is 4.32. The Morgan fingerprint density at radius 2 is 1.76 bits per heavy atom. The second-order valence-electron chi connectivity index (χ2n) is 7.38. The Kier molecular flexibility index (Phi) is 4.27. The normalized spacial score (nSPS) is 22.6. The number of hydrogen-bond acceptors (Lipinski definition) is 5. The van der Waals surface area contributed by atoms with E-state index in [0.29, 0.717) is 12.0 Å². The maximum atomic E-state index is 12.4. The first-order valence-electron chi connectivity index (χ1n) is 9.29. The average molecular weight is 339 g/mol. The largest absolute Gasteiger partial charge is 0.351 e. The smallest absolute Gasteiger partial charge is 0.267 e. The zero-order chi connectivity index (χ0) is 17.4. The number of anilines is 1. The van der Waals surface area contributed by atoms with Gasteiger partial charge in [-0.05, 0) is 70.4 Å². The molecule has 2 aliphatic rings. The lowest BCUT2D eigenvalue weighted by molar-refractivity contribution is 0.301. The summed E-state index contributed by atoms with van der Waals surface area (Å²) in [5.74, 6) is 0.716. The molecule has 132 valence electrons. The van der Waals surface area contributed by atoms with Gasteiger partial charge in [0.1, 0.15) is 0 Å². The van der Waals surface area contributed by atoms with E-state index >= 15 is 0 Å². The number of hydrogen-bond donors (Lipinski definition) is 1. The monoisotopic (exact) mass is 339 g/mol. The molecule has 0 aliphatic heterocycles. The molecule has 0 unspecified atom stereocenters. The maximum absolute atomic E-state index is 12.4. The average Bonchev–Trinajstić information content (AvgIpc) is 3.01. The third kappa shape index (κ3) is 3.43. The lowest BCUT2D eigenvalue weighted by atomic mass is 9.91. The Morgan fingerprint density at radius 1 is 1.04 bits per heavy atom. The Morgan fingerprint density at radius 3 is 2.48 bits per heavy atom. The van der Waals surface area contributed by atoms with Gasteiger partial charge in [-0.1, -0.05) is 0 Å². The van der Waals surface area contributed by atoms with Crippen molar-refractivity contribution in [2.24, 2.45) is 0 Å². The first kappa shape index (κ1) is 16.2. The van der Waals surface area contributed by atoms with Crippen molar-refractivity contribution in [3.05, 3.63) is 45.1 Å². The van der Waals surface area contributed by atoms with Crippen molar-refractivity contribution in [3.8, 4) is 0 Å². The van der Waals surface area contributed by atoms with Gasteiger partial charge >= 0.3 is 0 Å². The molecule has 0 amide bonds. The van der Waals surface area contributed by atoms with Crippen molar-refractivity contribution in [2.75, 3.05) is 5.32 Å². The number of fused-ring (bicyclic) bond motifs is 1. The van der Waals surface area contributed by atoms with Crippen molar-refractivity contribution >= 4 is 5.95 Å². The third-order valence-corrected chi connectivity index (χ3v) is 5.34. The van der Waals surface area contributed by atoms with E-state index in [2.05, 4.69) is 20.4 Å². The third-order valence-electron chi connectivity index (χ3n) is 5.34. The van der Waals surface area contributed by atoms with Gasteiger partial charge in [0, 0.05) is 23.5 Å². The molecule has 2 heterocycles. The molecular weight excluding hydrogens is 314 g/mol. The number of rotatable bonds is 3. The Hall–Kier alpha value is -2.24. The van der Waals surface area contributed by atoms with Crippen LogP contribution in [0, 0.1) is 13.8 Å². The van der Waals surface area contributed by atoms with Gasteiger partial charge in [-0.3, -0.25) is 4.79 Å². The van der Waals surface area contributed by atoms with Crippen LogP contribution in [0.4, 0.5) is 5.95 Å². The topological polar surface area (TPSA) is 72.7 Å². The first-order chi connectivity index (χ1) is 12.1. The molecule has 2 aliphatic carbocycles. The van der Waals surface area contributed by atoms with Crippen molar-refractivity contribution < 1.29 is 0 Å². The quantitative estimate of drug-likeness (QED) is 0.931. The van der Waals surface area contributed by atoms with Gasteiger partial charge in [0.15, 0.2) is 0 Å². The minimum absolute atomic E-state index is 0.0645. The van der Waals surface area contributed by atoms with E-state index in [1.807, 2.05) is 26.0 Å². The summed E-state index contributed by atoms with van der Waals surface area (Å²) < 4.78 is 1.74. The number of aryl methyl sites for hydroxylation is 4. The summed E-state index contributed by atoms with van der Waals surface area (Å²) in [6.07, 6.45) is 7.08. The molecule has 0 saturated heterocycles. The van der Waals surface area contributed by atoms with Gasteiger partial charge in [0.25, 0.3) is 5.56 Å². The van der Waals surface area contributed by atoms with Crippen LogP contribution in [0.25, 0.3) is 0 Å². The van der Waals surface area contributed by atoms with Gasteiger partial charge in [-0.2, -0.15) is 5.10 Å².